The van der Waals surface area contributed by atoms with Crippen LogP contribution in [0.2, 0.25) is 0 Å². The molecule has 1 fully saturated rings. The summed E-state index contributed by atoms with van der Waals surface area (Å²) in [5.41, 5.74) is 0.456. The number of hydrogen-bond donors (Lipinski definition) is 1. The maximum Gasteiger partial charge on any atom is 0.255 e. The average molecular weight is 279 g/mol. The van der Waals surface area contributed by atoms with Gasteiger partial charge in [-0.15, -0.1) is 0 Å². The predicted molar refractivity (Wildman–Crippen MR) is 75.8 cm³/mol. The third-order valence-electron chi connectivity index (χ3n) is 3.64. The van der Waals surface area contributed by atoms with Gasteiger partial charge in [-0.2, -0.15) is 0 Å². The van der Waals surface area contributed by atoms with Gasteiger partial charge in [-0.25, -0.2) is 0 Å². The molecule has 1 N–H and O–H groups in total. The van der Waals surface area contributed by atoms with E-state index in [0.717, 1.165) is 0 Å². The van der Waals surface area contributed by atoms with Crippen LogP contribution in [-0.4, -0.2) is 33.3 Å². The molecule has 1 saturated carbocycles. The largest absolute Gasteiger partial charge is 0.493 e. The normalized spacial score (nSPS) is 15.4. The topological polar surface area (TPSA) is 56.8 Å². The average Bonchev–Trinajstić information content (AvgIpc) is 3.29. The van der Waals surface area contributed by atoms with Gasteiger partial charge in [0.25, 0.3) is 5.91 Å². The van der Waals surface area contributed by atoms with Crippen molar-refractivity contribution >= 4 is 5.91 Å². The van der Waals surface area contributed by atoms with E-state index >= 15 is 0 Å². The van der Waals surface area contributed by atoms with Crippen LogP contribution in [0.1, 0.15) is 30.1 Å². The van der Waals surface area contributed by atoms with Gasteiger partial charge >= 0.3 is 0 Å². The molecule has 0 aromatic heterocycles. The van der Waals surface area contributed by atoms with Gasteiger partial charge in [-0.3, -0.25) is 4.79 Å². The Morgan fingerprint density at radius 1 is 1.15 bits per heavy atom. The van der Waals surface area contributed by atoms with Crippen LogP contribution >= 0.6 is 0 Å². The molecule has 0 heterocycles. The van der Waals surface area contributed by atoms with Crippen LogP contribution in [0.4, 0.5) is 0 Å². The lowest BCUT2D eigenvalue weighted by Gasteiger charge is -2.17. The number of methoxy groups -OCH3 is 3. The van der Waals surface area contributed by atoms with Gasteiger partial charge in [0.05, 0.1) is 26.9 Å². The molecule has 5 nitrogen and oxygen atoms in total. The van der Waals surface area contributed by atoms with E-state index < -0.39 is 0 Å². The van der Waals surface area contributed by atoms with Crippen LogP contribution in [0, 0.1) is 5.92 Å². The third-order valence-corrected chi connectivity index (χ3v) is 3.64. The first-order valence-electron chi connectivity index (χ1n) is 6.72. The van der Waals surface area contributed by atoms with Crippen LogP contribution in [0.15, 0.2) is 12.1 Å². The van der Waals surface area contributed by atoms with Gasteiger partial charge in [0.2, 0.25) is 5.75 Å². The molecule has 0 saturated heterocycles. The van der Waals surface area contributed by atoms with Crippen molar-refractivity contribution in [3.05, 3.63) is 17.7 Å². The Morgan fingerprint density at radius 2 is 1.80 bits per heavy atom. The smallest absolute Gasteiger partial charge is 0.255 e. The highest BCUT2D eigenvalue weighted by molar-refractivity contribution is 5.98. The first-order chi connectivity index (χ1) is 9.62. The van der Waals surface area contributed by atoms with E-state index in [9.17, 15) is 4.79 Å². The summed E-state index contributed by atoms with van der Waals surface area (Å²) in [6.45, 7) is 2.03. The van der Waals surface area contributed by atoms with Gasteiger partial charge in [-0.1, -0.05) is 0 Å². The fourth-order valence-corrected chi connectivity index (χ4v) is 2.28. The lowest BCUT2D eigenvalue weighted by atomic mass is 10.1. The molecule has 110 valence electrons. The molecule has 1 aromatic carbocycles. The lowest BCUT2D eigenvalue weighted by molar-refractivity contribution is 0.0932. The molecule has 2 rings (SSSR count). The summed E-state index contributed by atoms with van der Waals surface area (Å²) < 4.78 is 15.8. The molecule has 0 bridgehead atoms. The van der Waals surface area contributed by atoms with Crippen LogP contribution in [0.3, 0.4) is 0 Å². The third kappa shape index (κ3) is 2.81. The summed E-state index contributed by atoms with van der Waals surface area (Å²) in [4.78, 5) is 12.3. The number of amides is 1. The first-order valence-corrected chi connectivity index (χ1v) is 6.72. The second-order valence-electron chi connectivity index (χ2n) is 4.98. The maximum atomic E-state index is 12.3. The number of carbonyl (C=O) groups excluding carboxylic acids is 1. The zero-order valence-corrected chi connectivity index (χ0v) is 12.4. The van der Waals surface area contributed by atoms with Crippen molar-refractivity contribution in [1.82, 2.24) is 5.32 Å². The number of benzene rings is 1. The summed E-state index contributed by atoms with van der Waals surface area (Å²) >= 11 is 0. The van der Waals surface area contributed by atoms with Crippen molar-refractivity contribution in [2.24, 2.45) is 5.92 Å². The molecular weight excluding hydrogens is 258 g/mol. The molecule has 0 radical (unpaired) electrons. The monoisotopic (exact) mass is 279 g/mol. The number of nitrogens with one attached hydrogen (secondary N) is 1. The van der Waals surface area contributed by atoms with Crippen LogP contribution in [0.25, 0.3) is 0 Å². The molecule has 20 heavy (non-hydrogen) atoms. The van der Waals surface area contributed by atoms with E-state index in [-0.39, 0.29) is 11.9 Å². The Kier molecular flexibility index (Phi) is 4.37. The predicted octanol–water partition coefficient (Wildman–Crippen LogP) is 2.24. The Morgan fingerprint density at radius 3 is 2.30 bits per heavy atom. The fourth-order valence-electron chi connectivity index (χ4n) is 2.28. The van der Waals surface area contributed by atoms with E-state index in [1.807, 2.05) is 6.92 Å². The van der Waals surface area contributed by atoms with Crippen LogP contribution in [-0.2, 0) is 0 Å². The quantitative estimate of drug-likeness (QED) is 0.867. The summed E-state index contributed by atoms with van der Waals surface area (Å²) in [6.07, 6.45) is 2.37. The first kappa shape index (κ1) is 14.5. The standard InChI is InChI=1S/C15H21NO4/c1-9(10-5-6-10)16-15(17)11-7-8-12(18-2)14(20-4)13(11)19-3/h7-10H,5-6H2,1-4H3,(H,16,17). The Balaban J connectivity index is 2.27. The zero-order chi connectivity index (χ0) is 14.7. The number of rotatable bonds is 6. The van der Waals surface area contributed by atoms with Crippen LogP contribution < -0.4 is 19.5 Å². The minimum absolute atomic E-state index is 0.151. The summed E-state index contributed by atoms with van der Waals surface area (Å²) in [6, 6.07) is 3.58. The zero-order valence-electron chi connectivity index (χ0n) is 12.4. The van der Waals surface area contributed by atoms with Crippen molar-refractivity contribution in [2.75, 3.05) is 21.3 Å². The van der Waals surface area contributed by atoms with Gasteiger partial charge in [0.1, 0.15) is 0 Å². The van der Waals surface area contributed by atoms with E-state index in [1.165, 1.54) is 27.1 Å². The summed E-state index contributed by atoms with van der Waals surface area (Å²) in [5.74, 6) is 1.82. The van der Waals surface area contributed by atoms with Crippen molar-refractivity contribution in [3.8, 4) is 17.2 Å². The molecule has 1 aliphatic carbocycles. The van der Waals surface area contributed by atoms with Gasteiger partial charge in [0.15, 0.2) is 11.5 Å². The lowest BCUT2D eigenvalue weighted by Crippen LogP contribution is -2.34. The molecule has 1 atom stereocenters. The van der Waals surface area contributed by atoms with E-state index in [0.29, 0.717) is 28.7 Å². The summed E-state index contributed by atoms with van der Waals surface area (Å²) in [7, 11) is 4.58. The van der Waals surface area contributed by atoms with E-state index in [1.54, 1.807) is 19.2 Å². The van der Waals surface area contributed by atoms with E-state index in [4.69, 9.17) is 14.2 Å². The van der Waals surface area contributed by atoms with Gasteiger partial charge in [0, 0.05) is 6.04 Å². The van der Waals surface area contributed by atoms with Crippen molar-refractivity contribution in [2.45, 2.75) is 25.8 Å². The molecule has 1 aliphatic rings. The Bertz CT molecular complexity index is 497. The molecule has 0 aliphatic heterocycles. The molecule has 1 amide bonds. The molecule has 1 aromatic rings. The van der Waals surface area contributed by atoms with Crippen molar-refractivity contribution in [3.63, 3.8) is 0 Å². The Hall–Kier alpha value is -1.91. The highest BCUT2D eigenvalue weighted by Gasteiger charge is 2.30. The number of ether oxygens (including phenoxy) is 3. The highest BCUT2D eigenvalue weighted by atomic mass is 16.5. The number of carbonyl (C=O) groups is 1. The molecule has 5 heteroatoms. The second kappa shape index (κ2) is 6.03. The van der Waals surface area contributed by atoms with Crippen molar-refractivity contribution in [1.29, 1.82) is 0 Å². The minimum Gasteiger partial charge on any atom is -0.493 e. The summed E-state index contributed by atoms with van der Waals surface area (Å²) in [5, 5.41) is 3.01. The van der Waals surface area contributed by atoms with E-state index in [2.05, 4.69) is 5.32 Å². The second-order valence-corrected chi connectivity index (χ2v) is 4.98. The van der Waals surface area contributed by atoms with Crippen LogP contribution in [0.5, 0.6) is 17.2 Å². The van der Waals surface area contributed by atoms with Crippen molar-refractivity contribution < 1.29 is 19.0 Å². The van der Waals surface area contributed by atoms with Gasteiger partial charge < -0.3 is 19.5 Å². The molecule has 0 spiro atoms. The Labute approximate surface area is 119 Å². The molecule has 1 unspecified atom stereocenters. The fraction of sp³-hybridized carbons (Fsp3) is 0.533. The number of hydrogen-bond acceptors (Lipinski definition) is 4. The maximum absolute atomic E-state index is 12.3. The SMILES string of the molecule is COc1ccc(C(=O)NC(C)C2CC2)c(OC)c1OC. The molecular formula is C15H21NO4. The van der Waals surface area contributed by atoms with Gasteiger partial charge in [-0.05, 0) is 37.8 Å². The minimum atomic E-state index is -0.151. The highest BCUT2D eigenvalue weighted by Crippen LogP contribution is 2.40.